The predicted molar refractivity (Wildman–Crippen MR) is 121 cm³/mol. The third-order valence-electron chi connectivity index (χ3n) is 5.50. The summed E-state index contributed by atoms with van der Waals surface area (Å²) in [5.41, 5.74) is 8.30. The lowest BCUT2D eigenvalue weighted by molar-refractivity contribution is 0.0953. The van der Waals surface area contributed by atoms with Crippen LogP contribution in [-0.4, -0.2) is 17.5 Å². The number of carbonyl (C=O) groups excluding carboxylic acids is 2. The molecule has 0 radical (unpaired) electrons. The Morgan fingerprint density at radius 3 is 2.52 bits per heavy atom. The Balaban J connectivity index is 1.59. The average Bonchev–Trinajstić information content (AvgIpc) is 3.12. The number of nitrogens with zero attached hydrogens (tertiary/aromatic N) is 1. The van der Waals surface area contributed by atoms with Crippen LogP contribution in [0.25, 0.3) is 0 Å². The van der Waals surface area contributed by atoms with Gasteiger partial charge >= 0.3 is 0 Å². The van der Waals surface area contributed by atoms with Crippen molar-refractivity contribution in [3.63, 3.8) is 0 Å². The zero-order valence-electron chi connectivity index (χ0n) is 17.9. The second kappa shape index (κ2) is 8.60. The van der Waals surface area contributed by atoms with Gasteiger partial charge in [-0.2, -0.15) is 5.10 Å². The number of aryl methyl sites for hydroxylation is 3. The molecule has 31 heavy (non-hydrogen) atoms. The van der Waals surface area contributed by atoms with Crippen molar-refractivity contribution in [3.8, 4) is 0 Å². The molecule has 0 aliphatic heterocycles. The summed E-state index contributed by atoms with van der Waals surface area (Å²) in [6.45, 7) is 5.80. The van der Waals surface area contributed by atoms with E-state index in [4.69, 9.17) is 4.42 Å². The largest absolute Gasteiger partial charge is 0.455 e. The van der Waals surface area contributed by atoms with Crippen LogP contribution in [-0.2, 0) is 6.42 Å². The highest BCUT2D eigenvalue weighted by atomic mass is 16.4. The van der Waals surface area contributed by atoms with Crippen LogP contribution in [0, 0.1) is 20.8 Å². The molecule has 6 nitrogen and oxygen atoms in total. The van der Waals surface area contributed by atoms with Gasteiger partial charge in [-0.3, -0.25) is 9.59 Å². The van der Waals surface area contributed by atoms with Gasteiger partial charge in [-0.1, -0.05) is 30.3 Å². The minimum atomic E-state index is -0.284. The van der Waals surface area contributed by atoms with Crippen LogP contribution >= 0.6 is 0 Å². The number of benzene rings is 2. The predicted octanol–water partition coefficient (Wildman–Crippen LogP) is 4.93. The normalized spacial score (nSPS) is 14.2. The van der Waals surface area contributed by atoms with Crippen LogP contribution in [0.4, 0.5) is 5.69 Å². The summed E-state index contributed by atoms with van der Waals surface area (Å²) in [5.74, 6) is 0.472. The number of anilines is 1. The second-order valence-electron chi connectivity index (χ2n) is 7.85. The van der Waals surface area contributed by atoms with Crippen LogP contribution in [0.1, 0.15) is 61.8 Å². The summed E-state index contributed by atoms with van der Waals surface area (Å²) >= 11 is 0. The van der Waals surface area contributed by atoms with Crippen LogP contribution in [0.5, 0.6) is 0 Å². The van der Waals surface area contributed by atoms with Crippen molar-refractivity contribution in [1.29, 1.82) is 0 Å². The molecule has 0 fully saturated rings. The van der Waals surface area contributed by atoms with E-state index in [1.165, 1.54) is 0 Å². The molecule has 2 amide bonds. The van der Waals surface area contributed by atoms with Crippen molar-refractivity contribution >= 4 is 23.2 Å². The van der Waals surface area contributed by atoms with Gasteiger partial charge in [0.25, 0.3) is 11.8 Å². The van der Waals surface area contributed by atoms with Gasteiger partial charge in [0, 0.05) is 28.8 Å². The quantitative estimate of drug-likeness (QED) is 0.593. The van der Waals surface area contributed by atoms with Gasteiger partial charge in [0.1, 0.15) is 5.76 Å². The number of amides is 2. The molecule has 1 aliphatic rings. The Labute approximate surface area is 181 Å². The SMILES string of the molecule is Cc1ccc(C)c(NC(=O)c2oc3c(c2C)/C(=N/NC(=O)c2ccccc2)CCC3)c1. The zero-order chi connectivity index (χ0) is 22.0. The summed E-state index contributed by atoms with van der Waals surface area (Å²) < 4.78 is 5.96. The molecule has 4 rings (SSSR count). The molecule has 6 heteroatoms. The maximum Gasteiger partial charge on any atom is 0.291 e. The Bertz CT molecular complexity index is 1180. The summed E-state index contributed by atoms with van der Waals surface area (Å²) in [7, 11) is 0. The van der Waals surface area contributed by atoms with E-state index in [9.17, 15) is 9.59 Å². The molecule has 2 aromatic carbocycles. The molecule has 0 bridgehead atoms. The molecule has 0 unspecified atom stereocenters. The van der Waals surface area contributed by atoms with E-state index in [2.05, 4.69) is 15.8 Å². The highest BCUT2D eigenvalue weighted by Crippen LogP contribution is 2.30. The van der Waals surface area contributed by atoms with Gasteiger partial charge in [-0.25, -0.2) is 5.43 Å². The Hall–Kier alpha value is -3.67. The minimum absolute atomic E-state index is 0.269. The standard InChI is InChI=1S/C25H25N3O3/c1-15-12-13-16(2)20(14-15)26-25(30)23-17(3)22-19(10-7-11-21(22)31-23)27-28-24(29)18-8-5-4-6-9-18/h4-6,8-9,12-14H,7,10-11H2,1-3H3,(H,26,30)(H,28,29)/b27-19+. The van der Waals surface area contributed by atoms with E-state index in [0.29, 0.717) is 12.0 Å². The highest BCUT2D eigenvalue weighted by molar-refractivity contribution is 6.09. The van der Waals surface area contributed by atoms with Crippen LogP contribution < -0.4 is 10.7 Å². The molecular formula is C25H25N3O3. The number of rotatable bonds is 4. The first-order valence-corrected chi connectivity index (χ1v) is 10.4. The van der Waals surface area contributed by atoms with Gasteiger partial charge in [-0.15, -0.1) is 0 Å². The summed E-state index contributed by atoms with van der Waals surface area (Å²) in [4.78, 5) is 25.3. The summed E-state index contributed by atoms with van der Waals surface area (Å²) in [5, 5.41) is 7.33. The van der Waals surface area contributed by atoms with Gasteiger partial charge < -0.3 is 9.73 Å². The number of carbonyl (C=O) groups is 2. The van der Waals surface area contributed by atoms with E-state index in [1.807, 2.05) is 57.2 Å². The average molecular weight is 415 g/mol. The molecule has 0 saturated carbocycles. The number of hydrogen-bond donors (Lipinski definition) is 2. The fourth-order valence-electron chi connectivity index (χ4n) is 3.82. The first-order valence-electron chi connectivity index (χ1n) is 10.4. The molecule has 3 aromatic rings. The van der Waals surface area contributed by atoms with Crippen molar-refractivity contribution in [2.75, 3.05) is 5.32 Å². The second-order valence-corrected chi connectivity index (χ2v) is 7.85. The summed E-state index contributed by atoms with van der Waals surface area (Å²) in [6.07, 6.45) is 2.29. The lowest BCUT2D eigenvalue weighted by atomic mass is 9.93. The van der Waals surface area contributed by atoms with Crippen molar-refractivity contribution < 1.29 is 14.0 Å². The zero-order valence-corrected chi connectivity index (χ0v) is 17.9. The fourth-order valence-corrected chi connectivity index (χ4v) is 3.82. The van der Waals surface area contributed by atoms with Crippen molar-refractivity contribution in [2.24, 2.45) is 5.10 Å². The Morgan fingerprint density at radius 1 is 0.968 bits per heavy atom. The van der Waals surface area contributed by atoms with Gasteiger partial charge in [-0.05, 0) is 62.9 Å². The van der Waals surface area contributed by atoms with Crippen molar-refractivity contribution in [3.05, 3.63) is 87.9 Å². The number of fused-ring (bicyclic) bond motifs is 1. The molecule has 2 N–H and O–H groups in total. The number of hydrazone groups is 1. The maximum absolute atomic E-state index is 13.0. The third kappa shape index (κ3) is 4.28. The van der Waals surface area contributed by atoms with E-state index in [0.717, 1.165) is 52.3 Å². The third-order valence-corrected chi connectivity index (χ3v) is 5.50. The van der Waals surface area contributed by atoms with E-state index in [1.54, 1.807) is 12.1 Å². The molecule has 1 aromatic heterocycles. The Kier molecular flexibility index (Phi) is 5.71. The highest BCUT2D eigenvalue weighted by Gasteiger charge is 2.28. The van der Waals surface area contributed by atoms with Crippen molar-refractivity contribution in [1.82, 2.24) is 5.43 Å². The Morgan fingerprint density at radius 2 is 1.74 bits per heavy atom. The number of nitrogens with one attached hydrogen (secondary N) is 2. The van der Waals surface area contributed by atoms with Crippen LogP contribution in [0.15, 0.2) is 58.0 Å². The van der Waals surface area contributed by atoms with E-state index in [-0.39, 0.29) is 17.6 Å². The first-order chi connectivity index (χ1) is 14.9. The molecular weight excluding hydrogens is 390 g/mol. The van der Waals surface area contributed by atoms with Gasteiger partial charge in [0.05, 0.1) is 5.71 Å². The molecule has 0 atom stereocenters. The molecule has 158 valence electrons. The van der Waals surface area contributed by atoms with Crippen molar-refractivity contribution in [2.45, 2.75) is 40.0 Å². The molecule has 1 aliphatic carbocycles. The number of hydrogen-bond acceptors (Lipinski definition) is 4. The minimum Gasteiger partial charge on any atom is -0.455 e. The molecule has 1 heterocycles. The topological polar surface area (TPSA) is 83.7 Å². The van der Waals surface area contributed by atoms with Crippen LogP contribution in [0.2, 0.25) is 0 Å². The summed E-state index contributed by atoms with van der Waals surface area (Å²) in [6, 6.07) is 14.9. The smallest absolute Gasteiger partial charge is 0.291 e. The lowest BCUT2D eigenvalue weighted by Crippen LogP contribution is -2.22. The van der Waals surface area contributed by atoms with Crippen LogP contribution in [0.3, 0.4) is 0 Å². The first kappa shape index (κ1) is 20.6. The van der Waals surface area contributed by atoms with E-state index >= 15 is 0 Å². The fraction of sp³-hybridized carbons (Fsp3) is 0.240. The van der Waals surface area contributed by atoms with E-state index < -0.39 is 0 Å². The maximum atomic E-state index is 13.0. The lowest BCUT2D eigenvalue weighted by Gasteiger charge is -2.13. The van der Waals surface area contributed by atoms with Gasteiger partial charge in [0.15, 0.2) is 5.76 Å². The van der Waals surface area contributed by atoms with Gasteiger partial charge in [0.2, 0.25) is 0 Å². The monoisotopic (exact) mass is 415 g/mol. The number of furan rings is 1. The molecule has 0 spiro atoms. The molecule has 0 saturated heterocycles.